The van der Waals surface area contributed by atoms with Gasteiger partial charge in [-0.1, -0.05) is 6.07 Å². The number of hydrogen-bond acceptors (Lipinski definition) is 3. The number of rotatable bonds is 3. The summed E-state index contributed by atoms with van der Waals surface area (Å²) >= 11 is 0. The molecule has 3 unspecified atom stereocenters. The third-order valence-electron chi connectivity index (χ3n) is 3.69. The number of halogens is 2. The number of hydrogen-bond donors (Lipinski definition) is 1. The van der Waals surface area contributed by atoms with Crippen molar-refractivity contribution in [2.75, 3.05) is 19.7 Å². The maximum absolute atomic E-state index is 13.3. The summed E-state index contributed by atoms with van der Waals surface area (Å²) < 4.78 is 31.8. The van der Waals surface area contributed by atoms with Crippen LogP contribution in [0.2, 0.25) is 0 Å². The second kappa shape index (κ2) is 5.94. The summed E-state index contributed by atoms with van der Waals surface area (Å²) in [6.07, 6.45) is -0.0125. The van der Waals surface area contributed by atoms with Crippen LogP contribution in [0.4, 0.5) is 8.78 Å². The Morgan fingerprint density at radius 2 is 2.05 bits per heavy atom. The molecule has 0 spiro atoms. The van der Waals surface area contributed by atoms with Crippen molar-refractivity contribution >= 4 is 0 Å². The van der Waals surface area contributed by atoms with Gasteiger partial charge in [-0.05, 0) is 31.5 Å². The molecular formula is C14H20F2N2O. The molecular weight excluding hydrogens is 250 g/mol. The molecule has 1 aromatic rings. The van der Waals surface area contributed by atoms with Crippen molar-refractivity contribution < 1.29 is 13.5 Å². The van der Waals surface area contributed by atoms with Crippen LogP contribution in [-0.4, -0.2) is 36.7 Å². The largest absolute Gasteiger partial charge is 0.374 e. The first-order valence-corrected chi connectivity index (χ1v) is 6.55. The van der Waals surface area contributed by atoms with Gasteiger partial charge in [0.05, 0.1) is 12.7 Å². The van der Waals surface area contributed by atoms with Gasteiger partial charge in [0.15, 0.2) is 11.6 Å². The maximum atomic E-state index is 13.3. The molecule has 0 radical (unpaired) electrons. The molecule has 0 aromatic heterocycles. The topological polar surface area (TPSA) is 38.5 Å². The molecule has 1 aliphatic heterocycles. The van der Waals surface area contributed by atoms with E-state index in [0.29, 0.717) is 13.2 Å². The highest BCUT2D eigenvalue weighted by Crippen LogP contribution is 2.24. The van der Waals surface area contributed by atoms with E-state index in [1.54, 1.807) is 6.07 Å². The molecule has 0 aliphatic carbocycles. The molecule has 3 nitrogen and oxygen atoms in total. The van der Waals surface area contributed by atoms with Gasteiger partial charge in [-0.2, -0.15) is 0 Å². The molecule has 2 rings (SSSR count). The number of ether oxygens (including phenoxy) is 1. The summed E-state index contributed by atoms with van der Waals surface area (Å²) in [6, 6.07) is 4.03. The summed E-state index contributed by atoms with van der Waals surface area (Å²) in [6.45, 7) is 5.98. The number of benzene rings is 1. The zero-order valence-electron chi connectivity index (χ0n) is 11.3. The van der Waals surface area contributed by atoms with Gasteiger partial charge in [0, 0.05) is 25.2 Å². The van der Waals surface area contributed by atoms with Crippen LogP contribution in [0.15, 0.2) is 18.2 Å². The summed E-state index contributed by atoms with van der Waals surface area (Å²) in [5.74, 6) is -1.62. The van der Waals surface area contributed by atoms with Crippen LogP contribution in [0, 0.1) is 11.6 Å². The summed E-state index contributed by atoms with van der Waals surface area (Å²) in [4.78, 5) is 2.18. The monoisotopic (exact) mass is 270 g/mol. The van der Waals surface area contributed by atoms with E-state index in [0.717, 1.165) is 12.1 Å². The Bertz CT molecular complexity index is 439. The van der Waals surface area contributed by atoms with Crippen molar-refractivity contribution in [3.05, 3.63) is 35.4 Å². The van der Waals surface area contributed by atoms with Crippen LogP contribution in [0.5, 0.6) is 0 Å². The fourth-order valence-electron chi connectivity index (χ4n) is 2.35. The highest BCUT2D eigenvalue weighted by Gasteiger charge is 2.27. The standard InChI is InChI=1S/C14H20F2N2O/c1-9(17)14-8-18(5-6-19-14)10(2)11-3-4-12(15)13(16)7-11/h3-4,7,9-10,14H,5-6,8,17H2,1-2H3. The molecule has 0 bridgehead atoms. The average Bonchev–Trinajstić information content (AvgIpc) is 2.41. The fraction of sp³-hybridized carbons (Fsp3) is 0.571. The van der Waals surface area contributed by atoms with E-state index in [-0.39, 0.29) is 18.2 Å². The van der Waals surface area contributed by atoms with Gasteiger partial charge in [-0.25, -0.2) is 8.78 Å². The smallest absolute Gasteiger partial charge is 0.159 e. The van der Waals surface area contributed by atoms with E-state index in [1.165, 1.54) is 12.1 Å². The minimum absolute atomic E-state index is 0.0125. The van der Waals surface area contributed by atoms with Crippen LogP contribution in [0.3, 0.4) is 0 Å². The van der Waals surface area contributed by atoms with Gasteiger partial charge < -0.3 is 10.5 Å². The zero-order valence-corrected chi connectivity index (χ0v) is 11.3. The maximum Gasteiger partial charge on any atom is 0.159 e. The lowest BCUT2D eigenvalue weighted by molar-refractivity contribution is -0.0498. The van der Waals surface area contributed by atoms with Crippen molar-refractivity contribution in [2.24, 2.45) is 5.73 Å². The molecule has 3 atom stereocenters. The number of nitrogens with zero attached hydrogens (tertiary/aromatic N) is 1. The molecule has 1 heterocycles. The SMILES string of the molecule is CC(N)C1CN(C(C)c2ccc(F)c(F)c2)CCO1. The first kappa shape index (κ1) is 14.4. The predicted molar refractivity (Wildman–Crippen MR) is 69.7 cm³/mol. The summed E-state index contributed by atoms with van der Waals surface area (Å²) in [5.41, 5.74) is 6.62. The predicted octanol–water partition coefficient (Wildman–Crippen LogP) is 2.07. The van der Waals surface area contributed by atoms with Crippen LogP contribution in [-0.2, 0) is 4.74 Å². The Hall–Kier alpha value is -1.04. The summed E-state index contributed by atoms with van der Waals surface area (Å²) in [7, 11) is 0. The van der Waals surface area contributed by atoms with E-state index >= 15 is 0 Å². The highest BCUT2D eigenvalue weighted by atomic mass is 19.2. The molecule has 0 saturated carbocycles. The molecule has 1 aliphatic rings. The van der Waals surface area contributed by atoms with Crippen molar-refractivity contribution in [1.82, 2.24) is 4.90 Å². The Kier molecular flexibility index (Phi) is 4.50. The molecule has 1 aromatic carbocycles. The molecule has 1 saturated heterocycles. The second-order valence-corrected chi connectivity index (χ2v) is 5.11. The van der Waals surface area contributed by atoms with E-state index in [9.17, 15) is 8.78 Å². The third-order valence-corrected chi connectivity index (χ3v) is 3.69. The van der Waals surface area contributed by atoms with E-state index in [4.69, 9.17) is 10.5 Å². The third kappa shape index (κ3) is 3.29. The minimum atomic E-state index is -0.814. The molecule has 19 heavy (non-hydrogen) atoms. The van der Waals surface area contributed by atoms with E-state index < -0.39 is 11.6 Å². The molecule has 106 valence electrons. The van der Waals surface area contributed by atoms with Crippen molar-refractivity contribution in [3.63, 3.8) is 0 Å². The zero-order chi connectivity index (χ0) is 14.0. The number of morpholine rings is 1. The van der Waals surface area contributed by atoms with Crippen molar-refractivity contribution in [1.29, 1.82) is 0 Å². The average molecular weight is 270 g/mol. The Morgan fingerprint density at radius 3 is 2.68 bits per heavy atom. The first-order valence-electron chi connectivity index (χ1n) is 6.55. The summed E-state index contributed by atoms with van der Waals surface area (Å²) in [5, 5.41) is 0. The minimum Gasteiger partial charge on any atom is -0.374 e. The molecule has 2 N–H and O–H groups in total. The quantitative estimate of drug-likeness (QED) is 0.914. The van der Waals surface area contributed by atoms with Crippen molar-refractivity contribution in [3.8, 4) is 0 Å². The molecule has 1 fully saturated rings. The Balaban J connectivity index is 2.10. The van der Waals surface area contributed by atoms with E-state index in [2.05, 4.69) is 4.90 Å². The van der Waals surface area contributed by atoms with Gasteiger partial charge in [0.1, 0.15) is 0 Å². The van der Waals surface area contributed by atoms with Crippen LogP contribution in [0.1, 0.15) is 25.5 Å². The van der Waals surface area contributed by atoms with Crippen molar-refractivity contribution in [2.45, 2.75) is 32.0 Å². The van der Waals surface area contributed by atoms with Crippen LogP contribution >= 0.6 is 0 Å². The van der Waals surface area contributed by atoms with Gasteiger partial charge in [-0.3, -0.25) is 4.90 Å². The first-order chi connectivity index (χ1) is 8.99. The second-order valence-electron chi connectivity index (χ2n) is 5.11. The fourth-order valence-corrected chi connectivity index (χ4v) is 2.35. The van der Waals surface area contributed by atoms with E-state index in [1.807, 2.05) is 13.8 Å². The Morgan fingerprint density at radius 1 is 1.32 bits per heavy atom. The van der Waals surface area contributed by atoms with Gasteiger partial charge in [-0.15, -0.1) is 0 Å². The normalized spacial score (nSPS) is 24.2. The van der Waals surface area contributed by atoms with Gasteiger partial charge >= 0.3 is 0 Å². The highest BCUT2D eigenvalue weighted by molar-refractivity contribution is 5.21. The Labute approximate surface area is 112 Å². The van der Waals surface area contributed by atoms with Gasteiger partial charge in [0.25, 0.3) is 0 Å². The lowest BCUT2D eigenvalue weighted by Crippen LogP contribution is -2.50. The molecule has 0 amide bonds. The molecule has 5 heteroatoms. The van der Waals surface area contributed by atoms with Crippen LogP contribution < -0.4 is 5.73 Å². The lowest BCUT2D eigenvalue weighted by Gasteiger charge is -2.38. The van der Waals surface area contributed by atoms with Gasteiger partial charge in [0.2, 0.25) is 0 Å². The number of nitrogens with two attached hydrogens (primary N) is 1. The van der Waals surface area contributed by atoms with Crippen LogP contribution in [0.25, 0.3) is 0 Å². The lowest BCUT2D eigenvalue weighted by atomic mass is 10.0.